The van der Waals surface area contributed by atoms with Gasteiger partial charge in [0, 0.05) is 0 Å². The molecule has 0 aliphatic rings. The molecule has 3 heteroatoms. The van der Waals surface area contributed by atoms with Gasteiger partial charge >= 0.3 is 172 Å². The Morgan fingerprint density at radius 2 is 1.00 bits per heavy atom. The summed E-state index contributed by atoms with van der Waals surface area (Å²) in [6, 6.07) is 34.5. The second kappa shape index (κ2) is 9.65. The molecule has 3 rings (SSSR count). The van der Waals surface area contributed by atoms with Crippen LogP contribution in [0.5, 0.6) is 0 Å². The maximum absolute atomic E-state index is 6.20. The quantitative estimate of drug-likeness (QED) is 0.273. The fourth-order valence-electron chi connectivity index (χ4n) is 3.81. The molecule has 148 valence electrons. The molecule has 0 amide bonds. The Bertz CT molecular complexity index is 732. The first-order valence-electron chi connectivity index (χ1n) is 10.3. The van der Waals surface area contributed by atoms with Gasteiger partial charge < -0.3 is 0 Å². The summed E-state index contributed by atoms with van der Waals surface area (Å²) >= 11 is 0. The van der Waals surface area contributed by atoms with Gasteiger partial charge in [0.1, 0.15) is 0 Å². The SMILES string of the molecule is C[Si](C)(C)CCOCC[PH](c1ccccc1)(c1ccccc1)c1ccccc1. The van der Waals surface area contributed by atoms with Gasteiger partial charge in [0.2, 0.25) is 0 Å². The van der Waals surface area contributed by atoms with E-state index in [4.69, 9.17) is 4.74 Å². The van der Waals surface area contributed by atoms with Crippen molar-refractivity contribution < 1.29 is 4.74 Å². The van der Waals surface area contributed by atoms with Crippen LogP contribution in [0.2, 0.25) is 25.7 Å². The fraction of sp³-hybridized carbons (Fsp3) is 0.280. The number of rotatable bonds is 9. The normalized spacial score (nSPS) is 12.7. The second-order valence-corrected chi connectivity index (χ2v) is 18.3. The summed E-state index contributed by atoms with van der Waals surface area (Å²) in [5.74, 6) is 0. The van der Waals surface area contributed by atoms with Gasteiger partial charge in [-0.2, -0.15) is 0 Å². The predicted molar refractivity (Wildman–Crippen MR) is 130 cm³/mol. The van der Waals surface area contributed by atoms with Gasteiger partial charge in [-0.05, 0) is 0 Å². The van der Waals surface area contributed by atoms with Crippen molar-refractivity contribution in [1.29, 1.82) is 0 Å². The maximum atomic E-state index is 6.20. The molecule has 1 nitrogen and oxygen atoms in total. The van der Waals surface area contributed by atoms with E-state index in [0.29, 0.717) is 0 Å². The standard InChI is InChI=1S/C25H33OPSi/c1-28(2,3)22-20-26-19-21-27(23-13-7-4-8-14-23,24-15-9-5-10-16-24)25-17-11-6-12-18-25/h4-18,27H,19-22H2,1-3H3. The molecule has 0 fully saturated rings. The molecule has 3 aromatic carbocycles. The van der Waals surface area contributed by atoms with Gasteiger partial charge in [-0.3, -0.25) is 0 Å². The van der Waals surface area contributed by atoms with Crippen LogP contribution in [0.3, 0.4) is 0 Å². The third-order valence-electron chi connectivity index (χ3n) is 5.42. The first-order chi connectivity index (χ1) is 13.5. The van der Waals surface area contributed by atoms with Gasteiger partial charge in [-0.25, -0.2) is 0 Å². The molecule has 0 spiro atoms. The molecule has 0 saturated carbocycles. The fourth-order valence-corrected chi connectivity index (χ4v) is 9.16. The molecule has 0 N–H and O–H groups in total. The first-order valence-corrected chi connectivity index (χ1v) is 16.2. The summed E-state index contributed by atoms with van der Waals surface area (Å²) in [7, 11) is -3.19. The molecule has 0 radical (unpaired) electrons. The average molecular weight is 409 g/mol. The predicted octanol–water partition coefficient (Wildman–Crippen LogP) is 5.07. The second-order valence-electron chi connectivity index (χ2n) is 8.68. The zero-order valence-electron chi connectivity index (χ0n) is 17.4. The number of hydrogen-bond acceptors (Lipinski definition) is 1. The van der Waals surface area contributed by atoms with E-state index < -0.39 is 15.3 Å². The Balaban J connectivity index is 1.97. The van der Waals surface area contributed by atoms with E-state index in [0.717, 1.165) is 19.4 Å². The molecule has 0 bridgehead atoms. The zero-order chi connectivity index (χ0) is 19.9. The minimum absolute atomic E-state index is 0.815. The molecule has 28 heavy (non-hydrogen) atoms. The van der Waals surface area contributed by atoms with Crippen molar-refractivity contribution in [2.24, 2.45) is 0 Å². The van der Waals surface area contributed by atoms with E-state index >= 15 is 0 Å². The molecule has 0 unspecified atom stereocenters. The Hall–Kier alpha value is -1.73. The van der Waals surface area contributed by atoms with E-state index in [2.05, 4.69) is 111 Å². The van der Waals surface area contributed by atoms with Crippen LogP contribution in [0.15, 0.2) is 91.0 Å². The molecule has 0 aromatic heterocycles. The molecule has 0 heterocycles. The van der Waals surface area contributed by atoms with E-state index in [1.165, 1.54) is 22.0 Å². The third kappa shape index (κ3) is 5.20. The van der Waals surface area contributed by atoms with Crippen LogP contribution in [-0.4, -0.2) is 27.4 Å². The summed E-state index contributed by atoms with van der Waals surface area (Å²) in [5, 5.41) is 4.38. The number of ether oxygens (including phenoxy) is 1. The molecular weight excluding hydrogens is 375 g/mol. The van der Waals surface area contributed by atoms with E-state index in [-0.39, 0.29) is 0 Å². The third-order valence-corrected chi connectivity index (χ3v) is 12.0. The monoisotopic (exact) mass is 408 g/mol. The molecule has 0 saturated heterocycles. The Labute approximate surface area is 172 Å². The van der Waals surface area contributed by atoms with Crippen LogP contribution >= 0.6 is 7.26 Å². The van der Waals surface area contributed by atoms with Crippen molar-refractivity contribution in [3.8, 4) is 0 Å². The number of benzene rings is 3. The van der Waals surface area contributed by atoms with Crippen LogP contribution in [0.1, 0.15) is 0 Å². The van der Waals surface area contributed by atoms with Crippen molar-refractivity contribution >= 4 is 31.2 Å². The van der Waals surface area contributed by atoms with Crippen LogP contribution in [0.4, 0.5) is 0 Å². The minimum atomic E-state index is -2.13. The molecular formula is C25H33OPSi. The van der Waals surface area contributed by atoms with Crippen LogP contribution < -0.4 is 15.9 Å². The van der Waals surface area contributed by atoms with Crippen molar-refractivity contribution in [2.45, 2.75) is 25.7 Å². The van der Waals surface area contributed by atoms with Gasteiger partial charge in [0.25, 0.3) is 0 Å². The van der Waals surface area contributed by atoms with Gasteiger partial charge in [-0.1, -0.05) is 0 Å². The summed E-state index contributed by atoms with van der Waals surface area (Å²) < 4.78 is 6.20. The topological polar surface area (TPSA) is 9.23 Å². The van der Waals surface area contributed by atoms with Crippen LogP contribution in [-0.2, 0) is 4.74 Å². The van der Waals surface area contributed by atoms with Crippen molar-refractivity contribution in [1.82, 2.24) is 0 Å². The van der Waals surface area contributed by atoms with Crippen LogP contribution in [0.25, 0.3) is 0 Å². The van der Waals surface area contributed by atoms with E-state index in [1.54, 1.807) is 0 Å². The summed E-state index contributed by atoms with van der Waals surface area (Å²) in [6.45, 7) is 8.93. The summed E-state index contributed by atoms with van der Waals surface area (Å²) in [5.41, 5.74) is 0. The molecule has 3 aromatic rings. The van der Waals surface area contributed by atoms with Gasteiger partial charge in [-0.15, -0.1) is 0 Å². The van der Waals surface area contributed by atoms with Crippen LogP contribution in [0, 0.1) is 0 Å². The Kier molecular flexibility index (Phi) is 7.23. The van der Waals surface area contributed by atoms with Gasteiger partial charge in [0.05, 0.1) is 0 Å². The number of hydrogen-bond donors (Lipinski definition) is 0. The van der Waals surface area contributed by atoms with E-state index in [1.807, 2.05) is 0 Å². The van der Waals surface area contributed by atoms with Gasteiger partial charge in [0.15, 0.2) is 0 Å². The average Bonchev–Trinajstić information content (AvgIpc) is 2.72. The Morgan fingerprint density at radius 1 is 0.607 bits per heavy atom. The molecule has 0 aliphatic carbocycles. The van der Waals surface area contributed by atoms with Crippen molar-refractivity contribution in [2.75, 3.05) is 19.4 Å². The molecule has 0 aliphatic heterocycles. The van der Waals surface area contributed by atoms with E-state index in [9.17, 15) is 0 Å². The summed E-state index contributed by atoms with van der Waals surface area (Å²) in [6.07, 6.45) is 1.07. The summed E-state index contributed by atoms with van der Waals surface area (Å²) in [4.78, 5) is 0. The van der Waals surface area contributed by atoms with Crippen molar-refractivity contribution in [3.05, 3.63) is 91.0 Å². The zero-order valence-corrected chi connectivity index (χ0v) is 19.4. The first kappa shape index (κ1) is 21.0. The molecule has 0 atom stereocenters. The Morgan fingerprint density at radius 3 is 1.36 bits per heavy atom. The van der Waals surface area contributed by atoms with Crippen molar-refractivity contribution in [3.63, 3.8) is 0 Å².